The number of carbonyl (C=O) groups excluding carboxylic acids is 3. The highest BCUT2D eigenvalue weighted by Gasteiger charge is 2.15. The van der Waals surface area contributed by atoms with Gasteiger partial charge in [0.15, 0.2) is 4.80 Å². The summed E-state index contributed by atoms with van der Waals surface area (Å²) in [4.78, 5) is 45.3. The second-order valence-corrected chi connectivity index (χ2v) is 8.07. The maximum Gasteiger partial charge on any atom is 0.337 e. The second kappa shape index (κ2) is 8.17. The molecule has 0 saturated heterocycles. The highest BCUT2D eigenvalue weighted by molar-refractivity contribution is 7.17. The summed E-state index contributed by atoms with van der Waals surface area (Å²) in [6.45, 7) is -0.117. The van der Waals surface area contributed by atoms with Gasteiger partial charge in [0.2, 0.25) is 0 Å². The van der Waals surface area contributed by atoms with E-state index in [1.54, 1.807) is 46.5 Å². The van der Waals surface area contributed by atoms with Gasteiger partial charge in [-0.1, -0.05) is 11.3 Å². The maximum absolute atomic E-state index is 12.8. The molecule has 0 radical (unpaired) electrons. The van der Waals surface area contributed by atoms with Gasteiger partial charge in [0.25, 0.3) is 5.91 Å². The van der Waals surface area contributed by atoms with E-state index in [4.69, 9.17) is 9.47 Å². The van der Waals surface area contributed by atoms with E-state index < -0.39 is 17.8 Å². The minimum Gasteiger partial charge on any atom is -0.468 e. The van der Waals surface area contributed by atoms with E-state index in [-0.39, 0.29) is 6.54 Å². The van der Waals surface area contributed by atoms with Gasteiger partial charge in [0.05, 0.1) is 45.7 Å². The Labute approximate surface area is 178 Å². The third kappa shape index (κ3) is 3.74. The van der Waals surface area contributed by atoms with Gasteiger partial charge >= 0.3 is 11.9 Å². The predicted molar refractivity (Wildman–Crippen MR) is 113 cm³/mol. The molecule has 4 aromatic rings. The van der Waals surface area contributed by atoms with Gasteiger partial charge in [0.1, 0.15) is 6.54 Å². The first-order chi connectivity index (χ1) is 14.5. The molecule has 0 saturated carbocycles. The lowest BCUT2D eigenvalue weighted by atomic mass is 10.2. The number of ether oxygens (including phenoxy) is 2. The number of aromatic nitrogens is 2. The first kappa shape index (κ1) is 19.9. The molecule has 0 atom stereocenters. The first-order valence-corrected chi connectivity index (χ1v) is 10.4. The number of methoxy groups -OCH3 is 2. The zero-order chi connectivity index (χ0) is 21.3. The number of rotatable bonds is 4. The summed E-state index contributed by atoms with van der Waals surface area (Å²) in [6.07, 6.45) is 0. The summed E-state index contributed by atoms with van der Waals surface area (Å²) in [5, 5.41) is 0. The fraction of sp³-hybridized carbons (Fsp3) is 0.150. The van der Waals surface area contributed by atoms with Crippen molar-refractivity contribution in [1.82, 2.24) is 9.55 Å². The van der Waals surface area contributed by atoms with Crippen LogP contribution in [0.15, 0.2) is 46.9 Å². The van der Waals surface area contributed by atoms with E-state index >= 15 is 0 Å². The molecule has 0 fully saturated rings. The second-order valence-electron chi connectivity index (χ2n) is 6.17. The van der Waals surface area contributed by atoms with Crippen molar-refractivity contribution in [3.8, 4) is 0 Å². The van der Waals surface area contributed by atoms with E-state index in [1.807, 2.05) is 0 Å². The van der Waals surface area contributed by atoms with Crippen LogP contribution in [0.5, 0.6) is 0 Å². The largest absolute Gasteiger partial charge is 0.468 e. The molecule has 2 aromatic heterocycles. The van der Waals surface area contributed by atoms with Crippen molar-refractivity contribution in [2.24, 2.45) is 4.99 Å². The zero-order valence-corrected chi connectivity index (χ0v) is 17.6. The number of nitrogens with zero attached hydrogens (tertiary/aromatic N) is 3. The zero-order valence-electron chi connectivity index (χ0n) is 15.9. The minimum absolute atomic E-state index is 0.117. The molecule has 2 aromatic carbocycles. The number of carbonyl (C=O) groups is 3. The number of thiazole rings is 2. The number of hydrogen-bond donors (Lipinski definition) is 0. The number of hydrogen-bond acceptors (Lipinski definition) is 8. The SMILES string of the molecule is COC(=O)Cn1c(=NC(=O)c2ccc3ncsc3c2)sc2cc(C(=O)OC)ccc21. The predicted octanol–water partition coefficient (Wildman–Crippen LogP) is 3.01. The lowest BCUT2D eigenvalue weighted by molar-refractivity contribution is -0.141. The summed E-state index contributed by atoms with van der Waals surface area (Å²) in [6, 6.07) is 10.1. The number of amides is 1. The van der Waals surface area contributed by atoms with Crippen molar-refractivity contribution < 1.29 is 23.9 Å². The molecule has 1 amide bonds. The summed E-state index contributed by atoms with van der Waals surface area (Å²) in [7, 11) is 2.59. The van der Waals surface area contributed by atoms with Crippen LogP contribution in [-0.4, -0.2) is 41.6 Å². The molecule has 30 heavy (non-hydrogen) atoms. The van der Waals surface area contributed by atoms with Crippen LogP contribution < -0.4 is 4.80 Å². The van der Waals surface area contributed by atoms with Crippen molar-refractivity contribution >= 4 is 61.0 Å². The fourth-order valence-electron chi connectivity index (χ4n) is 2.89. The number of esters is 2. The minimum atomic E-state index is -0.480. The number of fused-ring (bicyclic) bond motifs is 2. The Kier molecular flexibility index (Phi) is 5.42. The summed E-state index contributed by atoms with van der Waals surface area (Å²) >= 11 is 2.63. The molecule has 10 heteroatoms. The Balaban J connectivity index is 1.83. The summed E-state index contributed by atoms with van der Waals surface area (Å²) in [5.74, 6) is -1.40. The Morgan fingerprint density at radius 3 is 2.57 bits per heavy atom. The molecule has 0 unspecified atom stereocenters. The topological polar surface area (TPSA) is 99.9 Å². The van der Waals surface area contributed by atoms with Gasteiger partial charge in [-0.3, -0.25) is 9.59 Å². The Hall–Kier alpha value is -3.37. The molecule has 0 aliphatic carbocycles. The third-order valence-corrected chi connectivity index (χ3v) is 6.23. The molecular weight excluding hydrogens is 426 g/mol. The van der Waals surface area contributed by atoms with Crippen molar-refractivity contribution in [3.05, 3.63) is 57.8 Å². The maximum atomic E-state index is 12.8. The number of benzene rings is 2. The van der Waals surface area contributed by atoms with Gasteiger partial charge in [-0.25, -0.2) is 9.78 Å². The van der Waals surface area contributed by atoms with E-state index in [9.17, 15) is 14.4 Å². The van der Waals surface area contributed by atoms with Crippen LogP contribution in [-0.2, 0) is 20.8 Å². The van der Waals surface area contributed by atoms with Crippen LogP contribution in [0.3, 0.4) is 0 Å². The van der Waals surface area contributed by atoms with Gasteiger partial charge in [-0.05, 0) is 36.4 Å². The first-order valence-electron chi connectivity index (χ1n) is 8.71. The molecule has 4 rings (SSSR count). The molecular formula is C20H15N3O5S2. The average Bonchev–Trinajstić information content (AvgIpc) is 3.36. The quantitative estimate of drug-likeness (QED) is 0.452. The van der Waals surface area contributed by atoms with Gasteiger partial charge in [-0.15, -0.1) is 11.3 Å². The molecule has 0 aliphatic rings. The van der Waals surface area contributed by atoms with Gasteiger partial charge in [-0.2, -0.15) is 4.99 Å². The lowest BCUT2D eigenvalue weighted by Crippen LogP contribution is -2.22. The Bertz CT molecular complexity index is 1370. The highest BCUT2D eigenvalue weighted by Crippen LogP contribution is 2.21. The van der Waals surface area contributed by atoms with Crippen molar-refractivity contribution in [2.45, 2.75) is 6.54 Å². The van der Waals surface area contributed by atoms with Crippen LogP contribution in [0.25, 0.3) is 20.4 Å². The van der Waals surface area contributed by atoms with Gasteiger partial charge in [0, 0.05) is 5.56 Å². The van der Waals surface area contributed by atoms with E-state index in [0.29, 0.717) is 26.1 Å². The molecule has 152 valence electrons. The van der Waals surface area contributed by atoms with Crippen LogP contribution in [0.4, 0.5) is 0 Å². The molecule has 0 N–H and O–H groups in total. The average molecular weight is 441 g/mol. The highest BCUT2D eigenvalue weighted by atomic mass is 32.1. The van der Waals surface area contributed by atoms with Crippen molar-refractivity contribution in [1.29, 1.82) is 0 Å². The van der Waals surface area contributed by atoms with Crippen LogP contribution in [0.2, 0.25) is 0 Å². The van der Waals surface area contributed by atoms with Crippen LogP contribution >= 0.6 is 22.7 Å². The third-order valence-electron chi connectivity index (χ3n) is 4.39. The van der Waals surface area contributed by atoms with E-state index in [2.05, 4.69) is 9.98 Å². The smallest absolute Gasteiger partial charge is 0.337 e. The van der Waals surface area contributed by atoms with E-state index in [0.717, 1.165) is 10.2 Å². The van der Waals surface area contributed by atoms with Crippen molar-refractivity contribution in [3.63, 3.8) is 0 Å². The lowest BCUT2D eigenvalue weighted by Gasteiger charge is -2.04. The summed E-state index contributed by atoms with van der Waals surface area (Å²) < 4.78 is 12.7. The van der Waals surface area contributed by atoms with Crippen LogP contribution in [0, 0.1) is 0 Å². The monoisotopic (exact) mass is 441 g/mol. The molecule has 8 nitrogen and oxygen atoms in total. The standard InChI is InChI=1S/C20H15N3O5S2/c1-27-17(24)9-23-14-6-4-12(19(26)28-2)8-16(14)30-20(23)22-18(25)11-3-5-13-15(7-11)29-10-21-13/h3-8,10H,9H2,1-2H3. The van der Waals surface area contributed by atoms with Crippen molar-refractivity contribution in [2.75, 3.05) is 14.2 Å². The molecule has 0 bridgehead atoms. The van der Waals surface area contributed by atoms with E-state index in [1.165, 1.54) is 36.9 Å². The Morgan fingerprint density at radius 1 is 1.03 bits per heavy atom. The van der Waals surface area contributed by atoms with Gasteiger partial charge < -0.3 is 14.0 Å². The normalized spacial score (nSPS) is 11.7. The molecule has 2 heterocycles. The molecule has 0 spiro atoms. The Morgan fingerprint density at radius 2 is 1.80 bits per heavy atom. The molecule has 0 aliphatic heterocycles. The fourth-order valence-corrected chi connectivity index (χ4v) is 4.67. The summed E-state index contributed by atoms with van der Waals surface area (Å²) in [5.41, 5.74) is 3.97. The van der Waals surface area contributed by atoms with Crippen LogP contribution in [0.1, 0.15) is 20.7 Å².